The summed E-state index contributed by atoms with van der Waals surface area (Å²) in [6.07, 6.45) is 0.754. The maximum Gasteiger partial charge on any atom is 0.264 e. The zero-order valence-electron chi connectivity index (χ0n) is 14.0. The van der Waals surface area contributed by atoms with Crippen molar-refractivity contribution in [1.29, 1.82) is 0 Å². The second-order valence-corrected chi connectivity index (χ2v) is 7.93. The number of ether oxygens (including phenoxy) is 1. The van der Waals surface area contributed by atoms with Crippen molar-refractivity contribution in [2.24, 2.45) is 0 Å². The van der Waals surface area contributed by atoms with Crippen LogP contribution in [0.15, 0.2) is 47.4 Å². The average molecular weight is 380 g/mol. The van der Waals surface area contributed by atoms with Crippen LogP contribution in [0.5, 0.6) is 5.75 Å². The third-order valence-corrected chi connectivity index (χ3v) is 5.48. The van der Waals surface area contributed by atoms with E-state index in [1.54, 1.807) is 44.2 Å². The molecular formula is C19H19ClFNO2S. The first-order chi connectivity index (χ1) is 11.9. The van der Waals surface area contributed by atoms with Gasteiger partial charge in [-0.2, -0.15) is 0 Å². The van der Waals surface area contributed by atoms with Crippen LogP contribution in [-0.2, 0) is 4.79 Å². The summed E-state index contributed by atoms with van der Waals surface area (Å²) in [7, 11) is 0. The predicted molar refractivity (Wildman–Crippen MR) is 98.8 cm³/mol. The molecule has 1 N–H and O–H groups in total. The molecular weight excluding hydrogens is 361 g/mol. The number of benzene rings is 2. The molecule has 2 aromatic rings. The summed E-state index contributed by atoms with van der Waals surface area (Å²) in [4.78, 5) is 13.4. The Balaban J connectivity index is 1.74. The lowest BCUT2D eigenvalue weighted by atomic mass is 10.0. The molecule has 25 heavy (non-hydrogen) atoms. The second-order valence-electron chi connectivity index (χ2n) is 6.39. The van der Waals surface area contributed by atoms with Crippen LogP contribution in [0.1, 0.15) is 31.9 Å². The molecule has 132 valence electrons. The van der Waals surface area contributed by atoms with Crippen molar-refractivity contribution in [2.75, 3.05) is 5.75 Å². The van der Waals surface area contributed by atoms with E-state index in [4.69, 9.17) is 16.3 Å². The van der Waals surface area contributed by atoms with Gasteiger partial charge < -0.3 is 10.1 Å². The van der Waals surface area contributed by atoms with Crippen molar-refractivity contribution >= 4 is 29.3 Å². The monoisotopic (exact) mass is 379 g/mol. The summed E-state index contributed by atoms with van der Waals surface area (Å²) in [6.45, 7) is 3.42. The fourth-order valence-corrected chi connectivity index (χ4v) is 3.98. The number of amides is 1. The first kappa shape index (κ1) is 18.1. The molecule has 0 saturated heterocycles. The van der Waals surface area contributed by atoms with E-state index in [0.29, 0.717) is 15.7 Å². The van der Waals surface area contributed by atoms with Gasteiger partial charge in [0.25, 0.3) is 5.91 Å². The topological polar surface area (TPSA) is 38.3 Å². The molecule has 0 spiro atoms. The highest BCUT2D eigenvalue weighted by molar-refractivity contribution is 7.99. The van der Waals surface area contributed by atoms with Crippen molar-refractivity contribution in [3.63, 3.8) is 0 Å². The van der Waals surface area contributed by atoms with Gasteiger partial charge in [0.2, 0.25) is 0 Å². The molecule has 1 atom stereocenters. The Morgan fingerprint density at radius 1 is 1.28 bits per heavy atom. The lowest BCUT2D eigenvalue weighted by molar-refractivity contribution is -0.135. The number of carbonyl (C=O) groups excluding carboxylic acids is 1. The predicted octanol–water partition coefficient (Wildman–Crippen LogP) is 4.99. The van der Waals surface area contributed by atoms with Gasteiger partial charge in [0.1, 0.15) is 11.6 Å². The lowest BCUT2D eigenvalue weighted by Gasteiger charge is -2.31. The number of fused-ring (bicyclic) bond motifs is 1. The highest BCUT2D eigenvalue weighted by Gasteiger charge is 2.33. The third-order valence-electron chi connectivity index (χ3n) is 4.06. The van der Waals surface area contributed by atoms with Gasteiger partial charge in [-0.3, -0.25) is 4.79 Å². The number of halogens is 2. The van der Waals surface area contributed by atoms with Gasteiger partial charge in [0.05, 0.1) is 6.04 Å². The van der Waals surface area contributed by atoms with Crippen LogP contribution in [0.25, 0.3) is 0 Å². The Morgan fingerprint density at radius 2 is 2.00 bits per heavy atom. The minimum atomic E-state index is -1.06. The Hall–Kier alpha value is -1.72. The Kier molecular flexibility index (Phi) is 5.25. The highest BCUT2D eigenvalue weighted by Crippen LogP contribution is 2.38. The van der Waals surface area contributed by atoms with E-state index in [2.05, 4.69) is 5.32 Å². The van der Waals surface area contributed by atoms with Gasteiger partial charge >= 0.3 is 0 Å². The highest BCUT2D eigenvalue weighted by atomic mass is 35.5. The van der Waals surface area contributed by atoms with Crippen LogP contribution in [0.4, 0.5) is 4.39 Å². The zero-order chi connectivity index (χ0) is 18.0. The Labute approximate surface area is 155 Å². The summed E-state index contributed by atoms with van der Waals surface area (Å²) in [5, 5.41) is 3.61. The van der Waals surface area contributed by atoms with Crippen LogP contribution in [0.2, 0.25) is 5.02 Å². The van der Waals surface area contributed by atoms with Gasteiger partial charge in [-0.1, -0.05) is 23.7 Å². The number of hydrogen-bond donors (Lipinski definition) is 1. The summed E-state index contributed by atoms with van der Waals surface area (Å²) >= 11 is 7.36. The number of hydrogen-bond acceptors (Lipinski definition) is 3. The van der Waals surface area contributed by atoms with Crippen LogP contribution in [0, 0.1) is 5.82 Å². The molecule has 3 rings (SSSR count). The fourth-order valence-electron chi connectivity index (χ4n) is 2.71. The molecule has 0 bridgehead atoms. The van der Waals surface area contributed by atoms with Gasteiger partial charge in [0.15, 0.2) is 5.60 Å². The van der Waals surface area contributed by atoms with Gasteiger partial charge in [0, 0.05) is 15.7 Å². The third kappa shape index (κ3) is 4.10. The van der Waals surface area contributed by atoms with Crippen molar-refractivity contribution in [2.45, 2.75) is 36.8 Å². The smallest absolute Gasteiger partial charge is 0.264 e. The number of rotatable bonds is 4. The van der Waals surface area contributed by atoms with Gasteiger partial charge in [-0.25, -0.2) is 4.39 Å². The van der Waals surface area contributed by atoms with Crippen molar-refractivity contribution in [1.82, 2.24) is 5.32 Å². The van der Waals surface area contributed by atoms with E-state index in [1.165, 1.54) is 17.8 Å². The zero-order valence-corrected chi connectivity index (χ0v) is 15.6. The average Bonchev–Trinajstić information content (AvgIpc) is 2.58. The summed E-state index contributed by atoms with van der Waals surface area (Å²) in [6, 6.07) is 11.6. The quantitative estimate of drug-likeness (QED) is 0.813. The minimum absolute atomic E-state index is 0.215. The van der Waals surface area contributed by atoms with Crippen molar-refractivity contribution in [3.8, 4) is 5.75 Å². The SMILES string of the molecule is CC(C)(Oc1ccc(Cl)cc1)C(=O)NC1CCSc2c(F)cccc21. The number of nitrogens with one attached hydrogen (secondary N) is 1. The first-order valence-corrected chi connectivity index (χ1v) is 9.40. The van der Waals surface area contributed by atoms with Crippen LogP contribution < -0.4 is 10.1 Å². The number of carbonyl (C=O) groups is 1. The molecule has 0 radical (unpaired) electrons. The van der Waals surface area contributed by atoms with Crippen molar-refractivity contribution < 1.29 is 13.9 Å². The minimum Gasteiger partial charge on any atom is -0.478 e. The molecule has 1 heterocycles. The summed E-state index contributed by atoms with van der Waals surface area (Å²) in [5.74, 6) is 0.847. The Bertz CT molecular complexity index is 779. The standard InChI is InChI=1S/C19H19ClFNO2S/c1-19(2,24-13-8-6-12(20)7-9-13)18(23)22-16-10-11-25-17-14(16)4-3-5-15(17)21/h3-9,16H,10-11H2,1-2H3,(H,22,23). The molecule has 0 aliphatic carbocycles. The maximum atomic E-state index is 14.0. The van der Waals surface area contributed by atoms with Crippen LogP contribution in [-0.4, -0.2) is 17.3 Å². The number of thioether (sulfide) groups is 1. The largest absolute Gasteiger partial charge is 0.478 e. The molecule has 0 fully saturated rings. The van der Waals surface area contributed by atoms with E-state index in [1.807, 2.05) is 6.07 Å². The molecule has 2 aromatic carbocycles. The lowest BCUT2D eigenvalue weighted by Crippen LogP contribution is -2.48. The van der Waals surface area contributed by atoms with E-state index < -0.39 is 5.60 Å². The molecule has 1 aliphatic rings. The van der Waals surface area contributed by atoms with Gasteiger partial charge in [-0.15, -0.1) is 11.8 Å². The fraction of sp³-hybridized carbons (Fsp3) is 0.316. The van der Waals surface area contributed by atoms with Crippen LogP contribution in [0.3, 0.4) is 0 Å². The second kappa shape index (κ2) is 7.26. The summed E-state index contributed by atoms with van der Waals surface area (Å²) in [5.41, 5.74) is -0.238. The molecule has 3 nitrogen and oxygen atoms in total. The molecule has 0 aromatic heterocycles. The van der Waals surface area contributed by atoms with E-state index in [-0.39, 0.29) is 17.8 Å². The van der Waals surface area contributed by atoms with Crippen molar-refractivity contribution in [3.05, 3.63) is 58.9 Å². The van der Waals surface area contributed by atoms with Crippen LogP contribution >= 0.6 is 23.4 Å². The molecule has 0 saturated carbocycles. The first-order valence-electron chi connectivity index (χ1n) is 8.03. The molecule has 1 aliphatic heterocycles. The maximum absolute atomic E-state index is 14.0. The van der Waals surface area contributed by atoms with E-state index >= 15 is 0 Å². The summed E-state index contributed by atoms with van der Waals surface area (Å²) < 4.78 is 19.8. The molecule has 1 unspecified atom stereocenters. The van der Waals surface area contributed by atoms with E-state index in [0.717, 1.165) is 17.7 Å². The Morgan fingerprint density at radius 3 is 2.72 bits per heavy atom. The van der Waals surface area contributed by atoms with Gasteiger partial charge in [-0.05, 0) is 56.2 Å². The normalized spacial score (nSPS) is 16.9. The molecule has 1 amide bonds. The van der Waals surface area contributed by atoms with E-state index in [9.17, 15) is 9.18 Å². The molecule has 6 heteroatoms.